The topological polar surface area (TPSA) is 38.3 Å². The zero-order valence-corrected chi connectivity index (χ0v) is 18.0. The number of ether oxygens (including phenoxy) is 1. The number of halogens is 1. The first kappa shape index (κ1) is 20.9. The van der Waals surface area contributed by atoms with Gasteiger partial charge in [0.25, 0.3) is 5.91 Å². The Balaban J connectivity index is 1.79. The van der Waals surface area contributed by atoms with E-state index in [0.29, 0.717) is 22.9 Å². The van der Waals surface area contributed by atoms with Gasteiger partial charge in [0.2, 0.25) is 0 Å². The Morgan fingerprint density at radius 1 is 0.966 bits per heavy atom. The SMILES string of the molecule is Cc1cc(C)c(C(C)NC(=O)c2cc(Cl)ccc2OCc2ccccc2)cc1C. The van der Waals surface area contributed by atoms with Gasteiger partial charge in [-0.2, -0.15) is 0 Å². The molecule has 0 spiro atoms. The lowest BCUT2D eigenvalue weighted by molar-refractivity contribution is 0.0935. The van der Waals surface area contributed by atoms with Crippen molar-refractivity contribution in [2.24, 2.45) is 0 Å². The molecular formula is C25H26ClNO2. The maximum absolute atomic E-state index is 13.0. The summed E-state index contributed by atoms with van der Waals surface area (Å²) in [5.41, 5.74) is 6.19. The van der Waals surface area contributed by atoms with E-state index in [1.165, 1.54) is 11.1 Å². The van der Waals surface area contributed by atoms with Crippen LogP contribution in [-0.4, -0.2) is 5.91 Å². The predicted molar refractivity (Wildman–Crippen MR) is 119 cm³/mol. The van der Waals surface area contributed by atoms with Crippen LogP contribution in [0.3, 0.4) is 0 Å². The van der Waals surface area contributed by atoms with Crippen LogP contribution in [0.4, 0.5) is 0 Å². The number of hydrogen-bond acceptors (Lipinski definition) is 2. The second-order valence-corrected chi connectivity index (χ2v) is 7.84. The zero-order valence-electron chi connectivity index (χ0n) is 17.3. The van der Waals surface area contributed by atoms with Crippen LogP contribution in [0, 0.1) is 20.8 Å². The summed E-state index contributed by atoms with van der Waals surface area (Å²) in [5, 5.41) is 3.59. The monoisotopic (exact) mass is 407 g/mol. The van der Waals surface area contributed by atoms with Crippen molar-refractivity contribution in [3.63, 3.8) is 0 Å². The number of hydrogen-bond donors (Lipinski definition) is 1. The van der Waals surface area contributed by atoms with Crippen LogP contribution >= 0.6 is 11.6 Å². The molecule has 29 heavy (non-hydrogen) atoms. The molecule has 1 atom stereocenters. The molecule has 3 rings (SSSR count). The first-order chi connectivity index (χ1) is 13.8. The molecule has 0 fully saturated rings. The maximum atomic E-state index is 13.0. The Kier molecular flexibility index (Phi) is 6.60. The summed E-state index contributed by atoms with van der Waals surface area (Å²) < 4.78 is 5.93. The van der Waals surface area contributed by atoms with Crippen LogP contribution in [0.15, 0.2) is 60.7 Å². The third kappa shape index (κ3) is 5.18. The highest BCUT2D eigenvalue weighted by atomic mass is 35.5. The van der Waals surface area contributed by atoms with Crippen molar-refractivity contribution >= 4 is 17.5 Å². The molecule has 0 bridgehead atoms. The highest BCUT2D eigenvalue weighted by Crippen LogP contribution is 2.26. The van der Waals surface area contributed by atoms with Gasteiger partial charge in [-0.3, -0.25) is 4.79 Å². The summed E-state index contributed by atoms with van der Waals surface area (Å²) >= 11 is 6.16. The van der Waals surface area contributed by atoms with E-state index in [0.717, 1.165) is 16.7 Å². The molecule has 3 aromatic carbocycles. The van der Waals surface area contributed by atoms with E-state index in [2.05, 4.69) is 38.2 Å². The van der Waals surface area contributed by atoms with Gasteiger partial charge >= 0.3 is 0 Å². The molecule has 0 heterocycles. The van der Waals surface area contributed by atoms with Crippen LogP contribution in [0.25, 0.3) is 0 Å². The molecule has 0 radical (unpaired) electrons. The Morgan fingerprint density at radius 2 is 1.66 bits per heavy atom. The minimum atomic E-state index is -0.208. The summed E-state index contributed by atoms with van der Waals surface area (Å²) in [6.45, 7) is 8.62. The molecule has 0 aliphatic heterocycles. The smallest absolute Gasteiger partial charge is 0.255 e. The average molecular weight is 408 g/mol. The molecule has 0 aliphatic carbocycles. The van der Waals surface area contributed by atoms with Crippen molar-refractivity contribution in [3.05, 3.63) is 99.1 Å². The fourth-order valence-electron chi connectivity index (χ4n) is 3.34. The summed E-state index contributed by atoms with van der Waals surface area (Å²) in [6, 6.07) is 19.1. The maximum Gasteiger partial charge on any atom is 0.255 e. The molecule has 0 saturated heterocycles. The van der Waals surface area contributed by atoms with Gasteiger partial charge in [0.05, 0.1) is 11.6 Å². The standard InChI is InChI=1S/C25H26ClNO2/c1-16-12-18(3)22(13-17(16)2)19(4)27-25(28)23-14-21(26)10-11-24(23)29-15-20-8-6-5-7-9-20/h5-14,19H,15H2,1-4H3,(H,27,28). The molecule has 1 amide bonds. The normalized spacial score (nSPS) is 11.8. The highest BCUT2D eigenvalue weighted by molar-refractivity contribution is 6.31. The minimum absolute atomic E-state index is 0.136. The molecular weight excluding hydrogens is 382 g/mol. The summed E-state index contributed by atoms with van der Waals surface area (Å²) in [5.74, 6) is 0.306. The van der Waals surface area contributed by atoms with Crippen molar-refractivity contribution < 1.29 is 9.53 Å². The second-order valence-electron chi connectivity index (χ2n) is 7.40. The molecule has 0 aromatic heterocycles. The summed E-state index contributed by atoms with van der Waals surface area (Å²) in [4.78, 5) is 13.0. The number of nitrogens with one attached hydrogen (secondary N) is 1. The Hall–Kier alpha value is -2.78. The molecule has 1 unspecified atom stereocenters. The third-order valence-electron chi connectivity index (χ3n) is 5.12. The van der Waals surface area contributed by atoms with Crippen molar-refractivity contribution in [2.45, 2.75) is 40.3 Å². The van der Waals surface area contributed by atoms with E-state index >= 15 is 0 Å². The van der Waals surface area contributed by atoms with E-state index in [4.69, 9.17) is 16.3 Å². The molecule has 4 heteroatoms. The lowest BCUT2D eigenvalue weighted by atomic mass is 9.96. The van der Waals surface area contributed by atoms with Gasteiger partial charge in [0.1, 0.15) is 12.4 Å². The molecule has 1 N–H and O–H groups in total. The minimum Gasteiger partial charge on any atom is -0.488 e. The van der Waals surface area contributed by atoms with Gasteiger partial charge in [-0.1, -0.05) is 54.1 Å². The van der Waals surface area contributed by atoms with E-state index in [-0.39, 0.29) is 11.9 Å². The summed E-state index contributed by atoms with van der Waals surface area (Å²) in [6.07, 6.45) is 0. The predicted octanol–water partition coefficient (Wildman–Crippen LogP) is 6.34. The molecule has 3 nitrogen and oxygen atoms in total. The van der Waals surface area contributed by atoms with Gasteiger partial charge in [-0.15, -0.1) is 0 Å². The van der Waals surface area contributed by atoms with Crippen LogP contribution in [0.5, 0.6) is 5.75 Å². The Morgan fingerprint density at radius 3 is 2.38 bits per heavy atom. The van der Waals surface area contributed by atoms with E-state index in [1.54, 1.807) is 18.2 Å². The molecule has 150 valence electrons. The Labute approximate surface area is 177 Å². The van der Waals surface area contributed by atoms with Crippen LogP contribution in [0.2, 0.25) is 5.02 Å². The quantitative estimate of drug-likeness (QED) is 0.518. The fourth-order valence-corrected chi connectivity index (χ4v) is 3.51. The van der Waals surface area contributed by atoms with Crippen LogP contribution < -0.4 is 10.1 Å². The molecule has 0 saturated carbocycles. The van der Waals surface area contributed by atoms with Crippen molar-refractivity contribution in [3.8, 4) is 5.75 Å². The second kappa shape index (κ2) is 9.15. The van der Waals surface area contributed by atoms with Gasteiger partial charge < -0.3 is 10.1 Å². The van der Waals surface area contributed by atoms with Gasteiger partial charge in [0.15, 0.2) is 0 Å². The Bertz CT molecular complexity index is 1010. The largest absolute Gasteiger partial charge is 0.488 e. The van der Waals surface area contributed by atoms with Crippen molar-refractivity contribution in [1.82, 2.24) is 5.32 Å². The lowest BCUT2D eigenvalue weighted by Crippen LogP contribution is -2.27. The first-order valence-electron chi connectivity index (χ1n) is 9.70. The van der Waals surface area contributed by atoms with Crippen LogP contribution in [-0.2, 0) is 6.61 Å². The molecule has 0 aliphatic rings. The van der Waals surface area contributed by atoms with Gasteiger partial charge in [-0.05, 0) is 73.7 Å². The van der Waals surface area contributed by atoms with Gasteiger partial charge in [0, 0.05) is 5.02 Å². The third-order valence-corrected chi connectivity index (χ3v) is 5.35. The van der Waals surface area contributed by atoms with Crippen LogP contribution in [0.1, 0.15) is 51.1 Å². The van der Waals surface area contributed by atoms with Crippen molar-refractivity contribution in [2.75, 3.05) is 0 Å². The summed E-state index contributed by atoms with van der Waals surface area (Å²) in [7, 11) is 0. The number of carbonyl (C=O) groups excluding carboxylic acids is 1. The number of carbonyl (C=O) groups is 1. The fraction of sp³-hybridized carbons (Fsp3) is 0.240. The number of aryl methyl sites for hydroxylation is 3. The average Bonchev–Trinajstić information content (AvgIpc) is 2.70. The van der Waals surface area contributed by atoms with E-state index in [1.807, 2.05) is 37.3 Å². The van der Waals surface area contributed by atoms with Gasteiger partial charge in [-0.25, -0.2) is 0 Å². The van der Waals surface area contributed by atoms with E-state index < -0.39 is 0 Å². The van der Waals surface area contributed by atoms with E-state index in [9.17, 15) is 4.79 Å². The number of amides is 1. The zero-order chi connectivity index (χ0) is 21.0. The number of rotatable bonds is 6. The highest BCUT2D eigenvalue weighted by Gasteiger charge is 2.18. The molecule has 3 aromatic rings. The lowest BCUT2D eigenvalue weighted by Gasteiger charge is -2.19. The first-order valence-corrected chi connectivity index (χ1v) is 10.1. The number of benzene rings is 3. The van der Waals surface area contributed by atoms with Crippen molar-refractivity contribution in [1.29, 1.82) is 0 Å².